The summed E-state index contributed by atoms with van der Waals surface area (Å²) in [5, 5.41) is 26.8. The third-order valence-electron chi connectivity index (χ3n) is 7.64. The Morgan fingerprint density at radius 2 is 1.85 bits per heavy atom. The molecule has 3 atom stereocenters. The van der Waals surface area contributed by atoms with Gasteiger partial charge in [0, 0.05) is 49.3 Å². The highest BCUT2D eigenvalue weighted by molar-refractivity contribution is 5.58. The summed E-state index contributed by atoms with van der Waals surface area (Å²) < 4.78 is 0. The molecule has 1 aliphatic rings. The van der Waals surface area contributed by atoms with Gasteiger partial charge in [-0.3, -0.25) is 25.0 Å². The number of nitrogens with one attached hydrogen (secondary N) is 1. The molecular formula is C31H33N5O3. The van der Waals surface area contributed by atoms with E-state index in [2.05, 4.69) is 33.2 Å². The fraction of sp³-hybridized carbons (Fsp3) is 0.290. The maximum Gasteiger partial charge on any atom is 0.239 e. The second kappa shape index (κ2) is 12.0. The lowest BCUT2D eigenvalue weighted by Crippen LogP contribution is -2.49. The molecule has 0 bridgehead atoms. The first kappa shape index (κ1) is 26.3. The molecule has 0 unspecified atom stereocenters. The van der Waals surface area contributed by atoms with Gasteiger partial charge in [-0.2, -0.15) is 0 Å². The van der Waals surface area contributed by atoms with Crippen LogP contribution in [-0.4, -0.2) is 37.5 Å². The number of aryl methyl sites for hydroxylation is 1. The predicted molar refractivity (Wildman–Crippen MR) is 151 cm³/mol. The summed E-state index contributed by atoms with van der Waals surface area (Å²) in [6, 6.07) is 19.8. The van der Waals surface area contributed by atoms with Crippen LogP contribution < -0.4 is 5.32 Å². The Hall–Kier alpha value is -4.30. The van der Waals surface area contributed by atoms with Crippen LogP contribution in [0.1, 0.15) is 53.1 Å². The number of nitrogens with zero attached hydrogens (tertiary/aromatic N) is 4. The summed E-state index contributed by atoms with van der Waals surface area (Å²) in [6.07, 6.45) is 8.50. The van der Waals surface area contributed by atoms with Crippen LogP contribution in [0.2, 0.25) is 0 Å². The van der Waals surface area contributed by atoms with E-state index in [1.54, 1.807) is 24.7 Å². The highest BCUT2D eigenvalue weighted by Crippen LogP contribution is 2.44. The quantitative estimate of drug-likeness (QED) is 0.164. The number of nitro groups is 1. The first-order valence-corrected chi connectivity index (χ1v) is 13.3. The molecule has 1 saturated heterocycles. The standard InChI is InChI=1S/C31H33N5O3/c1-2-24-7-3-4-8-26(24)27-13-17-35(21-23-6-5-14-33-19-23)30(31(27)36(38)39)25-9-10-29(37)28(18-25)34-20-22-11-15-32-16-12-22/h3-12,14-16,18-19,27,30-31,34,37H,2,13,17,20-21H2,1H3/t27-,30+,31-/m0/s1. The lowest BCUT2D eigenvalue weighted by molar-refractivity contribution is -0.540. The van der Waals surface area contributed by atoms with Crippen molar-refractivity contribution in [1.82, 2.24) is 14.9 Å². The molecule has 0 spiro atoms. The molecule has 8 heteroatoms. The molecule has 2 aromatic carbocycles. The van der Waals surface area contributed by atoms with Crippen LogP contribution >= 0.6 is 0 Å². The van der Waals surface area contributed by atoms with Crippen LogP contribution in [0.4, 0.5) is 5.69 Å². The molecule has 39 heavy (non-hydrogen) atoms. The third kappa shape index (κ3) is 5.91. The van der Waals surface area contributed by atoms with Crippen molar-refractivity contribution in [2.24, 2.45) is 0 Å². The minimum atomic E-state index is -0.860. The van der Waals surface area contributed by atoms with E-state index < -0.39 is 12.1 Å². The number of hydrogen-bond donors (Lipinski definition) is 2. The van der Waals surface area contributed by atoms with Gasteiger partial charge in [0.1, 0.15) is 11.8 Å². The number of phenols is 1. The van der Waals surface area contributed by atoms with E-state index in [1.807, 2.05) is 60.8 Å². The van der Waals surface area contributed by atoms with Crippen LogP contribution in [0.25, 0.3) is 0 Å². The van der Waals surface area contributed by atoms with Gasteiger partial charge in [-0.15, -0.1) is 0 Å². The first-order chi connectivity index (χ1) is 19.0. The molecule has 0 radical (unpaired) electrons. The fourth-order valence-electron chi connectivity index (χ4n) is 5.76. The Kier molecular flexibility index (Phi) is 8.13. The number of phenolic OH excluding ortho intramolecular Hbond substituents is 1. The Bertz CT molecular complexity index is 1400. The fourth-order valence-corrected chi connectivity index (χ4v) is 5.76. The van der Waals surface area contributed by atoms with E-state index in [9.17, 15) is 15.2 Å². The van der Waals surface area contributed by atoms with Crippen molar-refractivity contribution in [3.63, 3.8) is 0 Å². The number of hydrogen-bond acceptors (Lipinski definition) is 7. The molecule has 2 aromatic heterocycles. The van der Waals surface area contributed by atoms with Gasteiger partial charge < -0.3 is 10.4 Å². The number of anilines is 1. The molecule has 0 saturated carbocycles. The molecular weight excluding hydrogens is 490 g/mol. The average molecular weight is 524 g/mol. The number of piperidine rings is 1. The smallest absolute Gasteiger partial charge is 0.239 e. The van der Waals surface area contributed by atoms with Gasteiger partial charge in [-0.1, -0.05) is 43.3 Å². The van der Waals surface area contributed by atoms with Crippen molar-refractivity contribution in [3.8, 4) is 5.75 Å². The molecule has 200 valence electrons. The van der Waals surface area contributed by atoms with Crippen molar-refractivity contribution < 1.29 is 10.0 Å². The normalized spacial score (nSPS) is 19.5. The van der Waals surface area contributed by atoms with Crippen molar-refractivity contribution >= 4 is 5.69 Å². The van der Waals surface area contributed by atoms with Gasteiger partial charge in [-0.05, 0) is 71.0 Å². The zero-order valence-electron chi connectivity index (χ0n) is 22.0. The van der Waals surface area contributed by atoms with Crippen LogP contribution in [0.5, 0.6) is 5.75 Å². The minimum Gasteiger partial charge on any atom is -0.506 e. The van der Waals surface area contributed by atoms with Gasteiger partial charge in [0.25, 0.3) is 0 Å². The SMILES string of the molecule is CCc1ccccc1[C@@H]1CCN(Cc2cccnc2)[C@H](c2ccc(O)c(NCc3ccncc3)c2)[C@H]1[N+](=O)[O-]. The van der Waals surface area contributed by atoms with Crippen molar-refractivity contribution in [2.45, 2.75) is 50.9 Å². The Morgan fingerprint density at radius 3 is 2.59 bits per heavy atom. The van der Waals surface area contributed by atoms with E-state index in [1.165, 1.54) is 0 Å². The summed E-state index contributed by atoms with van der Waals surface area (Å²) in [6.45, 7) is 3.84. The monoisotopic (exact) mass is 523 g/mol. The summed E-state index contributed by atoms with van der Waals surface area (Å²) in [5.41, 5.74) is 5.58. The molecule has 3 heterocycles. The number of pyridine rings is 2. The van der Waals surface area contributed by atoms with Crippen molar-refractivity contribution in [2.75, 3.05) is 11.9 Å². The summed E-state index contributed by atoms with van der Waals surface area (Å²) in [7, 11) is 0. The van der Waals surface area contributed by atoms with E-state index in [0.29, 0.717) is 31.7 Å². The van der Waals surface area contributed by atoms with Gasteiger partial charge >= 0.3 is 0 Å². The van der Waals surface area contributed by atoms with E-state index in [0.717, 1.165) is 34.2 Å². The summed E-state index contributed by atoms with van der Waals surface area (Å²) in [5.74, 6) is -0.124. The highest BCUT2D eigenvalue weighted by atomic mass is 16.6. The third-order valence-corrected chi connectivity index (χ3v) is 7.64. The molecule has 2 N–H and O–H groups in total. The average Bonchev–Trinajstić information content (AvgIpc) is 2.97. The van der Waals surface area contributed by atoms with Crippen molar-refractivity contribution in [1.29, 1.82) is 0 Å². The molecule has 1 aliphatic heterocycles. The number of aromatic nitrogens is 2. The molecule has 0 amide bonds. The predicted octanol–water partition coefficient (Wildman–Crippen LogP) is 5.73. The second-order valence-electron chi connectivity index (χ2n) is 9.99. The maximum atomic E-state index is 12.9. The number of likely N-dealkylation sites (tertiary alicyclic amines) is 1. The first-order valence-electron chi connectivity index (χ1n) is 13.3. The van der Waals surface area contributed by atoms with E-state index in [-0.39, 0.29) is 16.6 Å². The Balaban J connectivity index is 1.54. The molecule has 1 fully saturated rings. The van der Waals surface area contributed by atoms with E-state index >= 15 is 0 Å². The van der Waals surface area contributed by atoms with Crippen LogP contribution in [0.15, 0.2) is 91.5 Å². The number of aromatic hydroxyl groups is 1. The number of rotatable bonds is 9. The lowest BCUT2D eigenvalue weighted by atomic mass is 9.76. The van der Waals surface area contributed by atoms with Crippen LogP contribution in [-0.2, 0) is 19.5 Å². The lowest BCUT2D eigenvalue weighted by Gasteiger charge is -2.42. The molecule has 0 aliphatic carbocycles. The second-order valence-corrected chi connectivity index (χ2v) is 9.99. The van der Waals surface area contributed by atoms with Crippen LogP contribution in [0.3, 0.4) is 0 Å². The zero-order chi connectivity index (χ0) is 27.2. The van der Waals surface area contributed by atoms with Crippen molar-refractivity contribution in [3.05, 3.63) is 129 Å². The largest absolute Gasteiger partial charge is 0.506 e. The molecule has 4 aromatic rings. The van der Waals surface area contributed by atoms with E-state index in [4.69, 9.17) is 0 Å². The highest BCUT2D eigenvalue weighted by Gasteiger charge is 2.48. The van der Waals surface area contributed by atoms with Gasteiger partial charge in [-0.25, -0.2) is 0 Å². The van der Waals surface area contributed by atoms with Gasteiger partial charge in [0.05, 0.1) is 11.6 Å². The number of benzene rings is 2. The summed E-state index contributed by atoms with van der Waals surface area (Å²) in [4.78, 5) is 23.3. The Labute approximate surface area is 228 Å². The van der Waals surface area contributed by atoms with Gasteiger partial charge in [0.2, 0.25) is 6.04 Å². The van der Waals surface area contributed by atoms with Gasteiger partial charge in [0.15, 0.2) is 0 Å². The zero-order valence-corrected chi connectivity index (χ0v) is 22.0. The molecule has 8 nitrogen and oxygen atoms in total. The van der Waals surface area contributed by atoms with Crippen LogP contribution in [0, 0.1) is 10.1 Å². The molecule has 5 rings (SSSR count). The Morgan fingerprint density at radius 1 is 1.03 bits per heavy atom. The maximum absolute atomic E-state index is 12.9. The topological polar surface area (TPSA) is 104 Å². The summed E-state index contributed by atoms with van der Waals surface area (Å²) >= 11 is 0. The minimum absolute atomic E-state index is 0.103.